The van der Waals surface area contributed by atoms with E-state index in [4.69, 9.17) is 17.2 Å². The van der Waals surface area contributed by atoms with Crippen LogP contribution in [0.15, 0.2) is 4.99 Å². The maximum Gasteiger partial charge on any atom is 0.326 e. The van der Waals surface area contributed by atoms with E-state index < -0.39 is 47.9 Å². The van der Waals surface area contributed by atoms with Crippen LogP contribution in [0.25, 0.3) is 0 Å². The average molecular weight is 518 g/mol. The summed E-state index contributed by atoms with van der Waals surface area (Å²) in [6.07, 6.45) is 3.39. The Bertz CT molecular complexity index is 731. The summed E-state index contributed by atoms with van der Waals surface area (Å²) in [5.74, 6) is -2.70. The summed E-state index contributed by atoms with van der Waals surface area (Å²) < 4.78 is 0. The largest absolute Gasteiger partial charge is 0.480 e. The zero-order valence-corrected chi connectivity index (χ0v) is 22.2. The van der Waals surface area contributed by atoms with E-state index in [1.807, 2.05) is 20.1 Å². The molecule has 0 aliphatic carbocycles. The van der Waals surface area contributed by atoms with Gasteiger partial charge in [0.2, 0.25) is 17.7 Å². The summed E-state index contributed by atoms with van der Waals surface area (Å²) in [7, 11) is 0. The van der Waals surface area contributed by atoms with Gasteiger partial charge in [0.05, 0.1) is 6.04 Å². The number of amides is 3. The van der Waals surface area contributed by atoms with Gasteiger partial charge in [-0.15, -0.1) is 0 Å². The van der Waals surface area contributed by atoms with Gasteiger partial charge in [-0.1, -0.05) is 34.1 Å². The highest BCUT2D eigenvalue weighted by Gasteiger charge is 2.32. The summed E-state index contributed by atoms with van der Waals surface area (Å²) in [5, 5.41) is 17.3. The van der Waals surface area contributed by atoms with Crippen LogP contribution in [0.2, 0.25) is 0 Å². The maximum absolute atomic E-state index is 13.0. The molecule has 0 fully saturated rings. The highest BCUT2D eigenvalue weighted by Crippen LogP contribution is 2.10. The van der Waals surface area contributed by atoms with Gasteiger partial charge in [-0.3, -0.25) is 19.4 Å². The first-order valence-electron chi connectivity index (χ1n) is 11.8. The Hall–Kier alpha value is -2.54. The van der Waals surface area contributed by atoms with Crippen LogP contribution in [0.5, 0.6) is 0 Å². The Morgan fingerprint density at radius 3 is 2.03 bits per heavy atom. The number of hydrogen-bond donors (Lipinski definition) is 7. The Labute approximate surface area is 212 Å². The molecule has 0 radical (unpaired) electrons. The van der Waals surface area contributed by atoms with Crippen LogP contribution >= 0.6 is 11.8 Å². The van der Waals surface area contributed by atoms with Crippen LogP contribution < -0.4 is 33.2 Å². The van der Waals surface area contributed by atoms with Crippen LogP contribution in [0.4, 0.5) is 0 Å². The lowest BCUT2D eigenvalue weighted by molar-refractivity contribution is -0.142. The second-order valence-electron chi connectivity index (χ2n) is 8.83. The molecular weight excluding hydrogens is 474 g/mol. The Morgan fingerprint density at radius 2 is 1.54 bits per heavy atom. The van der Waals surface area contributed by atoms with Crippen molar-refractivity contribution in [2.45, 2.75) is 77.5 Å². The van der Waals surface area contributed by atoms with E-state index in [0.29, 0.717) is 25.0 Å². The minimum atomic E-state index is -1.21. The topological polar surface area (TPSA) is 215 Å². The fraction of sp³-hybridized carbons (Fsp3) is 0.773. The van der Waals surface area contributed by atoms with Crippen molar-refractivity contribution < 1.29 is 24.3 Å². The number of thioether (sulfide) groups is 1. The minimum Gasteiger partial charge on any atom is -0.480 e. The molecular formula is C22H43N7O5S. The van der Waals surface area contributed by atoms with Crippen LogP contribution in [-0.4, -0.2) is 77.5 Å². The van der Waals surface area contributed by atoms with E-state index in [9.17, 15) is 24.3 Å². The van der Waals surface area contributed by atoms with Gasteiger partial charge < -0.3 is 38.3 Å². The van der Waals surface area contributed by atoms with E-state index in [1.54, 1.807) is 13.8 Å². The molecule has 0 aliphatic rings. The van der Waals surface area contributed by atoms with Crippen molar-refractivity contribution in [3.63, 3.8) is 0 Å². The van der Waals surface area contributed by atoms with E-state index in [1.165, 1.54) is 11.8 Å². The molecule has 0 aliphatic heterocycles. The highest BCUT2D eigenvalue weighted by atomic mass is 32.2. The second kappa shape index (κ2) is 17.0. The predicted molar refractivity (Wildman–Crippen MR) is 139 cm³/mol. The first-order valence-corrected chi connectivity index (χ1v) is 13.2. The lowest BCUT2D eigenvalue weighted by Gasteiger charge is -2.27. The maximum atomic E-state index is 13.0. The third kappa shape index (κ3) is 12.6. The molecule has 0 saturated heterocycles. The van der Waals surface area contributed by atoms with Crippen molar-refractivity contribution in [3.05, 3.63) is 0 Å². The zero-order chi connectivity index (χ0) is 27.1. The number of carbonyl (C=O) groups excluding carboxylic acids is 3. The molecule has 0 spiro atoms. The smallest absolute Gasteiger partial charge is 0.326 e. The summed E-state index contributed by atoms with van der Waals surface area (Å²) in [6.45, 7) is 7.46. The van der Waals surface area contributed by atoms with Gasteiger partial charge in [0, 0.05) is 6.54 Å². The second-order valence-corrected chi connectivity index (χ2v) is 9.82. The molecule has 0 aromatic carbocycles. The van der Waals surface area contributed by atoms with Crippen molar-refractivity contribution in [3.8, 4) is 0 Å². The van der Waals surface area contributed by atoms with Gasteiger partial charge in [-0.2, -0.15) is 11.8 Å². The minimum absolute atomic E-state index is 0.0617. The first-order chi connectivity index (χ1) is 16.3. The number of guanidine groups is 1. The lowest BCUT2D eigenvalue weighted by Crippen LogP contribution is -2.59. The standard InChI is InChI=1S/C22H43N7O5S/c1-6-13(4)16(23)19(31)27-14(9-11-35-5)18(30)29-17(12(2)3)20(32)28-15(21(33)34)8-7-10-26-22(24)25/h12-17H,6-11,23H2,1-5H3,(H,27,31)(H,28,32)(H,29,30)(H,33,34)(H4,24,25,26). The number of rotatable bonds is 17. The van der Waals surface area contributed by atoms with Gasteiger partial charge in [-0.05, 0) is 43.1 Å². The Balaban J connectivity index is 5.36. The van der Waals surface area contributed by atoms with E-state index in [2.05, 4.69) is 20.9 Å². The molecule has 202 valence electrons. The van der Waals surface area contributed by atoms with E-state index in [-0.39, 0.29) is 30.8 Å². The molecule has 0 saturated carbocycles. The number of carbonyl (C=O) groups is 4. The number of nitrogens with one attached hydrogen (secondary N) is 3. The van der Waals surface area contributed by atoms with Gasteiger partial charge in [0.15, 0.2) is 5.96 Å². The number of nitrogens with zero attached hydrogens (tertiary/aromatic N) is 1. The van der Waals surface area contributed by atoms with Crippen LogP contribution in [0, 0.1) is 11.8 Å². The van der Waals surface area contributed by atoms with Crippen LogP contribution in [0.3, 0.4) is 0 Å². The molecule has 5 atom stereocenters. The third-order valence-electron chi connectivity index (χ3n) is 5.61. The van der Waals surface area contributed by atoms with Crippen LogP contribution in [-0.2, 0) is 19.2 Å². The zero-order valence-electron chi connectivity index (χ0n) is 21.4. The first kappa shape index (κ1) is 32.5. The van der Waals surface area contributed by atoms with Crippen molar-refractivity contribution in [1.82, 2.24) is 16.0 Å². The lowest BCUT2D eigenvalue weighted by atomic mass is 9.98. The summed E-state index contributed by atoms with van der Waals surface area (Å²) in [4.78, 5) is 53.9. The molecule has 0 heterocycles. The SMILES string of the molecule is CCC(C)C(N)C(=O)NC(CCSC)C(=O)NC(C(=O)NC(CCCN=C(N)N)C(=O)O)C(C)C. The van der Waals surface area contributed by atoms with E-state index in [0.717, 1.165) is 0 Å². The Morgan fingerprint density at radius 1 is 0.943 bits per heavy atom. The van der Waals surface area contributed by atoms with E-state index >= 15 is 0 Å². The number of hydrogen-bond acceptors (Lipinski definition) is 7. The number of aliphatic carboxylic acids is 1. The number of nitrogens with two attached hydrogens (primary N) is 3. The third-order valence-corrected chi connectivity index (χ3v) is 6.25. The fourth-order valence-electron chi connectivity index (χ4n) is 3.10. The normalized spacial score (nSPS) is 15.3. The molecule has 12 nitrogen and oxygen atoms in total. The molecule has 13 heteroatoms. The molecule has 0 rings (SSSR count). The van der Waals surface area contributed by atoms with Gasteiger partial charge >= 0.3 is 5.97 Å². The molecule has 5 unspecified atom stereocenters. The fourth-order valence-corrected chi connectivity index (χ4v) is 3.57. The average Bonchev–Trinajstić information content (AvgIpc) is 2.79. The molecule has 0 aromatic heterocycles. The van der Waals surface area contributed by atoms with Crippen molar-refractivity contribution in [2.75, 3.05) is 18.6 Å². The number of aliphatic imine (C=N–C) groups is 1. The molecule has 0 bridgehead atoms. The monoisotopic (exact) mass is 517 g/mol. The summed E-state index contributed by atoms with van der Waals surface area (Å²) in [6, 6.07) is -3.81. The molecule has 3 amide bonds. The Kier molecular flexibility index (Phi) is 15.7. The number of carboxylic acid groups (broad SMARTS) is 1. The predicted octanol–water partition coefficient (Wildman–Crippen LogP) is -0.638. The summed E-state index contributed by atoms with van der Waals surface area (Å²) in [5.41, 5.74) is 16.5. The van der Waals surface area contributed by atoms with Gasteiger partial charge in [0.1, 0.15) is 18.1 Å². The van der Waals surface area contributed by atoms with Crippen molar-refractivity contribution in [2.24, 2.45) is 34.0 Å². The van der Waals surface area contributed by atoms with Crippen LogP contribution in [0.1, 0.15) is 53.4 Å². The number of carboxylic acids is 1. The molecule has 35 heavy (non-hydrogen) atoms. The van der Waals surface area contributed by atoms with Gasteiger partial charge in [0.25, 0.3) is 0 Å². The molecule has 0 aromatic rings. The quantitative estimate of drug-likeness (QED) is 0.0740. The van der Waals surface area contributed by atoms with Crippen molar-refractivity contribution in [1.29, 1.82) is 0 Å². The van der Waals surface area contributed by atoms with Crippen molar-refractivity contribution >= 4 is 41.4 Å². The van der Waals surface area contributed by atoms with Gasteiger partial charge in [-0.25, -0.2) is 4.79 Å². The molecule has 10 N–H and O–H groups in total. The highest BCUT2D eigenvalue weighted by molar-refractivity contribution is 7.98. The summed E-state index contributed by atoms with van der Waals surface area (Å²) >= 11 is 1.52.